The van der Waals surface area contributed by atoms with Crippen molar-refractivity contribution in [2.24, 2.45) is 0 Å². The van der Waals surface area contributed by atoms with Crippen molar-refractivity contribution < 1.29 is 13.2 Å². The molecule has 0 aliphatic rings. The minimum atomic E-state index is -4.35. The van der Waals surface area contributed by atoms with Gasteiger partial charge in [-0.3, -0.25) is 0 Å². The zero-order valence-electron chi connectivity index (χ0n) is 9.98. The molecule has 3 nitrogen and oxygen atoms in total. The van der Waals surface area contributed by atoms with E-state index in [-0.39, 0.29) is 0 Å². The standard InChI is InChI=1S/C12H11BrF3N3/c1-7-17-5-9(19-7)6-18-11-4-8(12(14,15)16)2-3-10(11)13/h2-5,18H,6H2,1H3,(H,17,19). The number of nitrogens with one attached hydrogen (secondary N) is 2. The van der Waals surface area contributed by atoms with E-state index in [0.29, 0.717) is 16.7 Å². The summed E-state index contributed by atoms with van der Waals surface area (Å²) in [5.41, 5.74) is 0.517. The van der Waals surface area contributed by atoms with Gasteiger partial charge in [0.15, 0.2) is 0 Å². The van der Waals surface area contributed by atoms with Crippen LogP contribution < -0.4 is 5.32 Å². The first-order valence-electron chi connectivity index (χ1n) is 5.47. The number of rotatable bonds is 3. The Kier molecular flexibility index (Phi) is 3.84. The minimum absolute atomic E-state index is 0.376. The zero-order chi connectivity index (χ0) is 14.0. The normalized spacial score (nSPS) is 11.6. The van der Waals surface area contributed by atoms with E-state index >= 15 is 0 Å². The molecular weight excluding hydrogens is 323 g/mol. The van der Waals surface area contributed by atoms with E-state index < -0.39 is 11.7 Å². The topological polar surface area (TPSA) is 40.7 Å². The van der Waals surface area contributed by atoms with E-state index in [4.69, 9.17) is 0 Å². The SMILES string of the molecule is Cc1ncc(CNc2cc(C(F)(F)F)ccc2Br)[nH]1. The number of hydrogen-bond acceptors (Lipinski definition) is 2. The summed E-state index contributed by atoms with van der Waals surface area (Å²) in [4.78, 5) is 7.02. The van der Waals surface area contributed by atoms with E-state index in [9.17, 15) is 13.2 Å². The fourth-order valence-corrected chi connectivity index (χ4v) is 1.98. The third-order valence-electron chi connectivity index (χ3n) is 2.52. The molecule has 2 rings (SSSR count). The molecule has 0 unspecified atom stereocenters. The van der Waals surface area contributed by atoms with Crippen molar-refractivity contribution in [1.29, 1.82) is 0 Å². The molecule has 19 heavy (non-hydrogen) atoms. The van der Waals surface area contributed by atoms with Crippen LogP contribution in [0.1, 0.15) is 17.1 Å². The van der Waals surface area contributed by atoms with Crippen molar-refractivity contribution in [2.75, 3.05) is 5.32 Å². The molecule has 2 aromatic rings. The van der Waals surface area contributed by atoms with Crippen LogP contribution >= 0.6 is 15.9 Å². The van der Waals surface area contributed by atoms with Crippen LogP contribution in [-0.2, 0) is 12.7 Å². The average Bonchev–Trinajstić information content (AvgIpc) is 2.72. The van der Waals surface area contributed by atoms with Gasteiger partial charge in [0.1, 0.15) is 5.82 Å². The number of H-pyrrole nitrogens is 1. The van der Waals surface area contributed by atoms with Gasteiger partial charge in [0.2, 0.25) is 0 Å². The third-order valence-corrected chi connectivity index (χ3v) is 3.21. The highest BCUT2D eigenvalue weighted by molar-refractivity contribution is 9.10. The van der Waals surface area contributed by atoms with Gasteiger partial charge >= 0.3 is 6.18 Å². The Morgan fingerprint density at radius 2 is 2.11 bits per heavy atom. The van der Waals surface area contributed by atoms with Gasteiger partial charge in [0.05, 0.1) is 24.0 Å². The lowest BCUT2D eigenvalue weighted by atomic mass is 10.2. The van der Waals surface area contributed by atoms with Crippen molar-refractivity contribution in [3.63, 3.8) is 0 Å². The highest BCUT2D eigenvalue weighted by Crippen LogP contribution is 2.34. The molecule has 0 radical (unpaired) electrons. The third kappa shape index (κ3) is 3.50. The zero-order valence-corrected chi connectivity index (χ0v) is 11.6. The molecule has 0 amide bonds. The molecule has 0 fully saturated rings. The van der Waals surface area contributed by atoms with Gasteiger partial charge in [0, 0.05) is 10.2 Å². The number of alkyl halides is 3. The number of hydrogen-bond donors (Lipinski definition) is 2. The fourth-order valence-electron chi connectivity index (χ4n) is 1.59. The molecule has 2 N–H and O–H groups in total. The van der Waals surface area contributed by atoms with Gasteiger partial charge in [-0.25, -0.2) is 4.98 Å². The Balaban J connectivity index is 2.15. The molecule has 1 aromatic carbocycles. The lowest BCUT2D eigenvalue weighted by Gasteiger charge is -2.12. The summed E-state index contributed by atoms with van der Waals surface area (Å²) >= 11 is 3.22. The predicted molar refractivity (Wildman–Crippen MR) is 69.8 cm³/mol. The molecule has 0 aliphatic carbocycles. The molecule has 102 valence electrons. The van der Waals surface area contributed by atoms with Gasteiger partial charge in [-0.15, -0.1) is 0 Å². The summed E-state index contributed by atoms with van der Waals surface area (Å²) in [5, 5.41) is 2.94. The summed E-state index contributed by atoms with van der Waals surface area (Å²) in [6.07, 6.45) is -2.70. The second-order valence-corrected chi connectivity index (χ2v) is 4.89. The summed E-state index contributed by atoms with van der Waals surface area (Å²) in [5.74, 6) is 0.764. The van der Waals surface area contributed by atoms with E-state index in [1.807, 2.05) is 6.92 Å². The number of benzene rings is 1. The maximum atomic E-state index is 12.6. The Morgan fingerprint density at radius 3 is 2.68 bits per heavy atom. The van der Waals surface area contributed by atoms with Crippen LogP contribution in [0.2, 0.25) is 0 Å². The van der Waals surface area contributed by atoms with Crippen molar-refractivity contribution >= 4 is 21.6 Å². The van der Waals surface area contributed by atoms with Crippen LogP contribution in [0.5, 0.6) is 0 Å². The lowest BCUT2D eigenvalue weighted by molar-refractivity contribution is -0.137. The Hall–Kier alpha value is -1.50. The molecule has 1 heterocycles. The fraction of sp³-hybridized carbons (Fsp3) is 0.250. The lowest BCUT2D eigenvalue weighted by Crippen LogP contribution is -2.07. The van der Waals surface area contributed by atoms with Gasteiger partial charge in [-0.1, -0.05) is 0 Å². The maximum absolute atomic E-state index is 12.6. The number of aromatic nitrogens is 2. The highest BCUT2D eigenvalue weighted by atomic mass is 79.9. The first-order chi connectivity index (χ1) is 8.86. The summed E-state index contributed by atoms with van der Waals surface area (Å²) in [6.45, 7) is 2.18. The van der Waals surface area contributed by atoms with Crippen LogP contribution in [0.3, 0.4) is 0 Å². The molecule has 0 spiro atoms. The number of nitrogens with zero attached hydrogens (tertiary/aromatic N) is 1. The average molecular weight is 334 g/mol. The van der Waals surface area contributed by atoms with E-state index in [1.165, 1.54) is 6.07 Å². The largest absolute Gasteiger partial charge is 0.416 e. The van der Waals surface area contributed by atoms with Gasteiger partial charge < -0.3 is 10.3 Å². The number of aryl methyl sites for hydroxylation is 1. The Labute approximate surface area is 116 Å². The maximum Gasteiger partial charge on any atom is 0.416 e. The second-order valence-electron chi connectivity index (χ2n) is 4.04. The van der Waals surface area contributed by atoms with Crippen LogP contribution in [0.25, 0.3) is 0 Å². The molecule has 0 aliphatic heterocycles. The smallest absolute Gasteiger partial charge is 0.378 e. The summed E-state index contributed by atoms with van der Waals surface area (Å²) < 4.78 is 38.4. The number of anilines is 1. The van der Waals surface area contributed by atoms with Crippen molar-refractivity contribution in [1.82, 2.24) is 9.97 Å². The predicted octanol–water partition coefficient (Wildman–Crippen LogP) is 4.11. The molecule has 0 saturated carbocycles. The molecule has 7 heteroatoms. The van der Waals surface area contributed by atoms with Crippen LogP contribution in [0.15, 0.2) is 28.9 Å². The number of halogens is 4. The van der Waals surface area contributed by atoms with Gasteiger partial charge in [0.25, 0.3) is 0 Å². The van der Waals surface area contributed by atoms with Crippen LogP contribution in [-0.4, -0.2) is 9.97 Å². The summed E-state index contributed by atoms with van der Waals surface area (Å²) in [6, 6.07) is 3.49. The van der Waals surface area contributed by atoms with Crippen molar-refractivity contribution in [3.05, 3.63) is 46.0 Å². The van der Waals surface area contributed by atoms with E-state index in [0.717, 1.165) is 23.7 Å². The van der Waals surface area contributed by atoms with E-state index in [2.05, 4.69) is 31.2 Å². The quantitative estimate of drug-likeness (QED) is 0.887. The van der Waals surface area contributed by atoms with Crippen molar-refractivity contribution in [3.8, 4) is 0 Å². The summed E-state index contributed by atoms with van der Waals surface area (Å²) in [7, 11) is 0. The first-order valence-corrected chi connectivity index (χ1v) is 6.26. The first kappa shape index (κ1) is 13.9. The molecule has 1 aromatic heterocycles. The minimum Gasteiger partial charge on any atom is -0.378 e. The second kappa shape index (κ2) is 5.24. The van der Waals surface area contributed by atoms with Gasteiger partial charge in [-0.05, 0) is 41.1 Å². The number of imidazole rings is 1. The molecule has 0 bridgehead atoms. The molecule has 0 atom stereocenters. The van der Waals surface area contributed by atoms with Crippen LogP contribution in [0, 0.1) is 6.92 Å². The highest BCUT2D eigenvalue weighted by Gasteiger charge is 2.30. The molecule has 0 saturated heterocycles. The molecular formula is C12H11BrF3N3. The number of aromatic amines is 1. The van der Waals surface area contributed by atoms with Crippen LogP contribution in [0.4, 0.5) is 18.9 Å². The van der Waals surface area contributed by atoms with Gasteiger partial charge in [-0.2, -0.15) is 13.2 Å². The Bertz CT molecular complexity index is 578. The van der Waals surface area contributed by atoms with Crippen molar-refractivity contribution in [2.45, 2.75) is 19.6 Å². The monoisotopic (exact) mass is 333 g/mol. The van der Waals surface area contributed by atoms with E-state index in [1.54, 1.807) is 6.20 Å². The Morgan fingerprint density at radius 1 is 1.37 bits per heavy atom.